The zero-order chi connectivity index (χ0) is 67.4. The Labute approximate surface area is 583 Å². The zero-order valence-electron chi connectivity index (χ0n) is 56.1. The number of anilines is 6. The Hall–Kier alpha value is -5.07. The molecular weight excluding hydrogens is 1300 g/mol. The molecule has 6 aliphatic rings. The monoisotopic (exact) mass is 1400 g/mol. The number of hydrogen-bond acceptors (Lipinski definition) is 15. The van der Waals surface area contributed by atoms with E-state index in [-0.39, 0.29) is 12.6 Å². The minimum absolute atomic E-state index is 0.0844. The van der Waals surface area contributed by atoms with Gasteiger partial charge in [0.1, 0.15) is 6.61 Å². The SMILES string of the molecule is CCCCCCCCCC(=O)OCCN1CCN(CCCN2c3ccccc3Sc3ccc(C(F)(F)F)cc32)CC1.CSc1ccc2c(c1)N(CCC1CCCCN1C)c1ccccc1S2.OCCN1CCN(CCCN2c3ccccc3Sc3ccc(C(F)(F)F)cc32)CC1. The minimum Gasteiger partial charge on any atom is -0.464 e. The summed E-state index contributed by atoms with van der Waals surface area (Å²) in [6.45, 7) is 17.3. The first-order valence-electron chi connectivity index (χ1n) is 34.7. The first-order chi connectivity index (χ1) is 46.6. The average molecular weight is 1400 g/mol. The molecule has 0 aliphatic carbocycles. The van der Waals surface area contributed by atoms with Crippen LogP contribution in [0.25, 0.3) is 0 Å². The molecule has 0 bridgehead atoms. The van der Waals surface area contributed by atoms with Crippen molar-refractivity contribution in [1.29, 1.82) is 0 Å². The van der Waals surface area contributed by atoms with Gasteiger partial charge < -0.3 is 39.2 Å². The van der Waals surface area contributed by atoms with Crippen LogP contribution in [0.2, 0.25) is 0 Å². The number of esters is 1. The Morgan fingerprint density at radius 3 is 1.39 bits per heavy atom. The number of carbonyl (C=O) groups is 1. The van der Waals surface area contributed by atoms with Crippen LogP contribution in [-0.2, 0) is 21.9 Å². The summed E-state index contributed by atoms with van der Waals surface area (Å²) in [7, 11) is 2.30. The molecule has 520 valence electrons. The lowest BCUT2D eigenvalue weighted by molar-refractivity contribution is -0.144. The fraction of sp³-hybridized carbons (Fsp3) is 0.507. The van der Waals surface area contributed by atoms with Gasteiger partial charge in [-0.25, -0.2) is 0 Å². The van der Waals surface area contributed by atoms with Gasteiger partial charge in [-0.3, -0.25) is 14.6 Å². The molecule has 6 heterocycles. The summed E-state index contributed by atoms with van der Waals surface area (Å²) >= 11 is 6.79. The number of ether oxygens (including phenoxy) is 1. The second-order valence-electron chi connectivity index (χ2n) is 25.7. The van der Waals surface area contributed by atoms with Crippen LogP contribution in [0.15, 0.2) is 162 Å². The predicted octanol–water partition coefficient (Wildman–Crippen LogP) is 18.2. The van der Waals surface area contributed by atoms with Crippen molar-refractivity contribution in [3.63, 3.8) is 0 Å². The van der Waals surface area contributed by atoms with Crippen molar-refractivity contribution in [1.82, 2.24) is 24.5 Å². The maximum Gasteiger partial charge on any atom is 0.416 e. The standard InChI is InChI=1S/C32H44F3N3O2S.C22H26F3N3OS.C21H26N2S2/c1-2-3-4-5-6-7-8-14-31(39)40-24-23-37-21-19-36(20-22-37)17-11-18-38-27-12-9-10-13-29(27)41-30-16-15-26(25-28(30)38)32(33,34)35;23-22(24,25)17-6-7-21-19(16-17)28(18-4-1-2-5-20(18)30-21)9-3-8-26-10-12-27(13-11-26)14-15-29;1-22-13-6-5-7-16(22)12-14-23-18-8-3-4-9-20(18)25-21-11-10-17(24-2)15-19(21)23/h9-10,12-13,15-16,25H,2-8,11,14,17-24H2,1H3;1-2,4-7,16,29H,3,8-15H2;3-4,8-11,15-16H,5-7,12-14H2,1-2H3. The van der Waals surface area contributed by atoms with E-state index in [1.807, 2.05) is 81.9 Å². The van der Waals surface area contributed by atoms with Gasteiger partial charge in [-0.1, -0.05) is 124 Å². The Kier molecular flexibility index (Phi) is 27.9. The number of alkyl halides is 6. The van der Waals surface area contributed by atoms with E-state index in [9.17, 15) is 31.1 Å². The van der Waals surface area contributed by atoms with Crippen LogP contribution in [0, 0.1) is 0 Å². The molecule has 0 spiro atoms. The topological polar surface area (TPSA) is 72.4 Å². The normalized spacial score (nSPS) is 17.6. The molecule has 3 fully saturated rings. The van der Waals surface area contributed by atoms with Crippen LogP contribution in [-0.4, -0.2) is 173 Å². The number of likely N-dealkylation sites (tertiary alicyclic amines) is 1. The molecule has 1 unspecified atom stereocenters. The molecule has 0 radical (unpaired) electrons. The molecule has 6 aromatic rings. The Bertz CT molecular complexity index is 3420. The van der Waals surface area contributed by atoms with Crippen molar-refractivity contribution in [3.05, 3.63) is 139 Å². The van der Waals surface area contributed by atoms with Gasteiger partial charge in [0.15, 0.2) is 0 Å². The number of unbranched alkanes of at least 4 members (excludes halogenated alkanes) is 6. The molecule has 6 aliphatic heterocycles. The summed E-state index contributed by atoms with van der Waals surface area (Å²) < 4.78 is 85.8. The number of piperazine rings is 2. The molecule has 3 saturated heterocycles. The molecule has 0 aromatic heterocycles. The quantitative estimate of drug-likeness (QED) is 0.0256. The van der Waals surface area contributed by atoms with Crippen molar-refractivity contribution < 1.29 is 41.0 Å². The Morgan fingerprint density at radius 2 is 0.917 bits per heavy atom. The third-order valence-corrected chi connectivity index (χ3v) is 23.2. The van der Waals surface area contributed by atoms with Gasteiger partial charge in [0.2, 0.25) is 0 Å². The summed E-state index contributed by atoms with van der Waals surface area (Å²) in [5.74, 6) is -0.0844. The highest BCUT2D eigenvalue weighted by Crippen LogP contribution is 2.52. The summed E-state index contributed by atoms with van der Waals surface area (Å²) in [5.41, 5.74) is 4.76. The van der Waals surface area contributed by atoms with E-state index in [2.05, 4.69) is 92.1 Å². The van der Waals surface area contributed by atoms with Gasteiger partial charge in [-0.2, -0.15) is 26.3 Å². The van der Waals surface area contributed by atoms with Crippen molar-refractivity contribution in [2.24, 2.45) is 0 Å². The molecule has 1 N–H and O–H groups in total. The largest absolute Gasteiger partial charge is 0.464 e. The molecule has 6 aromatic carbocycles. The summed E-state index contributed by atoms with van der Waals surface area (Å²) in [6.07, 6.45) is 9.33. The van der Waals surface area contributed by atoms with Crippen molar-refractivity contribution in [3.8, 4) is 0 Å². The van der Waals surface area contributed by atoms with E-state index >= 15 is 0 Å². The number of aliphatic hydroxyl groups excluding tert-OH is 1. The molecule has 11 nitrogen and oxygen atoms in total. The maximum atomic E-state index is 13.5. The number of hydrogen-bond donors (Lipinski definition) is 1. The van der Waals surface area contributed by atoms with Gasteiger partial charge in [0.25, 0.3) is 0 Å². The smallest absolute Gasteiger partial charge is 0.416 e. The molecule has 96 heavy (non-hydrogen) atoms. The van der Waals surface area contributed by atoms with Crippen LogP contribution in [0.3, 0.4) is 0 Å². The van der Waals surface area contributed by atoms with Gasteiger partial charge in [-0.15, -0.1) is 11.8 Å². The number of halogens is 6. The maximum absolute atomic E-state index is 13.5. The van der Waals surface area contributed by atoms with E-state index in [1.54, 1.807) is 12.1 Å². The van der Waals surface area contributed by atoms with E-state index in [1.165, 1.54) is 138 Å². The fourth-order valence-electron chi connectivity index (χ4n) is 13.6. The lowest BCUT2D eigenvalue weighted by Gasteiger charge is -2.37. The van der Waals surface area contributed by atoms with Crippen LogP contribution >= 0.6 is 47.0 Å². The number of carbonyl (C=O) groups excluding carboxylic acids is 1. The van der Waals surface area contributed by atoms with Crippen LogP contribution in [0.1, 0.15) is 108 Å². The first kappa shape index (κ1) is 73.6. The average Bonchev–Trinajstić information content (AvgIpc) is 0.784. The highest BCUT2D eigenvalue weighted by Gasteiger charge is 2.36. The van der Waals surface area contributed by atoms with Crippen LogP contribution < -0.4 is 14.7 Å². The molecule has 0 amide bonds. The minimum atomic E-state index is -4.37. The van der Waals surface area contributed by atoms with Crippen molar-refractivity contribution in [2.45, 2.75) is 149 Å². The summed E-state index contributed by atoms with van der Waals surface area (Å²) in [5, 5.41) is 9.07. The number of para-hydroxylation sites is 3. The summed E-state index contributed by atoms with van der Waals surface area (Å²) in [6, 6.07) is 40.4. The van der Waals surface area contributed by atoms with E-state index in [0.717, 1.165) is 141 Å². The first-order valence-corrected chi connectivity index (χ1v) is 38.3. The van der Waals surface area contributed by atoms with Gasteiger partial charge >= 0.3 is 18.3 Å². The highest BCUT2D eigenvalue weighted by atomic mass is 32.2. The van der Waals surface area contributed by atoms with Crippen LogP contribution in [0.5, 0.6) is 0 Å². The number of piperidine rings is 1. The Balaban J connectivity index is 0.000000162. The fourth-order valence-corrected chi connectivity index (χ4v) is 17.2. The predicted molar refractivity (Wildman–Crippen MR) is 384 cm³/mol. The zero-order valence-corrected chi connectivity index (χ0v) is 59.3. The lowest BCUT2D eigenvalue weighted by atomic mass is 9.99. The van der Waals surface area contributed by atoms with Crippen molar-refractivity contribution >= 4 is 87.1 Å². The molecule has 12 rings (SSSR count). The van der Waals surface area contributed by atoms with Crippen LogP contribution in [0.4, 0.5) is 60.5 Å². The number of rotatable bonds is 25. The second-order valence-corrected chi connectivity index (χ2v) is 29.8. The van der Waals surface area contributed by atoms with Crippen molar-refractivity contribution in [2.75, 3.05) is 146 Å². The summed E-state index contributed by atoms with van der Waals surface area (Å²) in [4.78, 5) is 38.6. The molecule has 1 atom stereocenters. The number of benzene rings is 6. The molecule has 21 heteroatoms. The number of thioether (sulfide) groups is 1. The highest BCUT2D eigenvalue weighted by molar-refractivity contribution is 8.00. The number of β-amino-alcohol motifs (C(OH)–C–C–N with tert-alkyl or cyclic N) is 1. The van der Waals surface area contributed by atoms with Gasteiger partial charge in [-0.05, 0) is 162 Å². The molecular formula is C75H96F6N8O3S4. The number of aliphatic hydroxyl groups is 1. The van der Waals surface area contributed by atoms with Gasteiger partial charge in [0.05, 0.1) is 51.9 Å². The third-order valence-electron chi connectivity index (χ3n) is 19.1. The van der Waals surface area contributed by atoms with E-state index < -0.39 is 23.5 Å². The number of fused-ring (bicyclic) bond motifs is 6. The second kappa shape index (κ2) is 36.3. The van der Waals surface area contributed by atoms with E-state index in [0.29, 0.717) is 44.0 Å². The molecule has 0 saturated carbocycles. The van der Waals surface area contributed by atoms with Gasteiger partial charge in [0, 0.05) is 132 Å². The Morgan fingerprint density at radius 1 is 0.490 bits per heavy atom. The lowest BCUT2D eigenvalue weighted by Crippen LogP contribution is -2.47. The number of nitrogens with zero attached hydrogens (tertiary/aromatic N) is 8. The third kappa shape index (κ3) is 20.5. The van der Waals surface area contributed by atoms with E-state index in [4.69, 9.17) is 9.84 Å².